The largest absolute Gasteiger partial charge is 0.487 e. The number of fused-ring (bicyclic) bond motifs is 1. The zero-order valence-electron chi connectivity index (χ0n) is 15.8. The third kappa shape index (κ3) is 4.31. The van der Waals surface area contributed by atoms with Crippen molar-refractivity contribution in [3.63, 3.8) is 0 Å². The molecule has 1 aliphatic carbocycles. The maximum Gasteiger partial charge on any atom is 0.140 e. The van der Waals surface area contributed by atoms with E-state index >= 15 is 0 Å². The van der Waals surface area contributed by atoms with Gasteiger partial charge in [0.15, 0.2) is 0 Å². The molecule has 5 nitrogen and oxygen atoms in total. The quantitative estimate of drug-likeness (QED) is 0.671. The molecule has 0 bridgehead atoms. The summed E-state index contributed by atoms with van der Waals surface area (Å²) in [6.45, 7) is 3.93. The second kappa shape index (κ2) is 7.71. The second-order valence-corrected chi connectivity index (χ2v) is 7.62. The monoisotopic (exact) mass is 365 g/mol. The van der Waals surface area contributed by atoms with Crippen LogP contribution in [0.4, 0.5) is 0 Å². The zero-order valence-corrected chi connectivity index (χ0v) is 15.8. The molecule has 2 aromatic heterocycles. The van der Waals surface area contributed by atoms with Gasteiger partial charge >= 0.3 is 0 Å². The number of ether oxygens (including phenoxy) is 1. The van der Waals surface area contributed by atoms with E-state index in [4.69, 9.17) is 4.74 Å². The lowest BCUT2D eigenvalue weighted by Gasteiger charge is -2.22. The molecule has 142 valence electrons. The van der Waals surface area contributed by atoms with Crippen molar-refractivity contribution in [1.82, 2.24) is 14.7 Å². The Bertz CT molecular complexity index is 896. The number of nitrogens with one attached hydrogen (secondary N) is 1. The van der Waals surface area contributed by atoms with Crippen molar-refractivity contribution >= 4 is 5.65 Å². The Kier molecular flexibility index (Phi) is 5.14. The lowest BCUT2D eigenvalue weighted by molar-refractivity contribution is 0.0475. The van der Waals surface area contributed by atoms with Gasteiger partial charge in [-0.25, -0.2) is 4.98 Å². The van der Waals surface area contributed by atoms with Gasteiger partial charge in [-0.1, -0.05) is 31.0 Å². The van der Waals surface area contributed by atoms with Gasteiger partial charge in [-0.05, 0) is 49.1 Å². The van der Waals surface area contributed by atoms with E-state index in [1.54, 1.807) is 0 Å². The van der Waals surface area contributed by atoms with Crippen LogP contribution in [0.15, 0.2) is 48.8 Å². The van der Waals surface area contributed by atoms with Crippen molar-refractivity contribution in [1.29, 1.82) is 0 Å². The molecule has 27 heavy (non-hydrogen) atoms. The molecule has 0 saturated heterocycles. The van der Waals surface area contributed by atoms with Crippen LogP contribution in [0.2, 0.25) is 0 Å². The molecule has 3 aromatic rings. The summed E-state index contributed by atoms with van der Waals surface area (Å²) >= 11 is 0. The predicted molar refractivity (Wildman–Crippen MR) is 106 cm³/mol. The number of nitrogens with zero attached hydrogens (tertiary/aromatic N) is 2. The molecule has 1 aliphatic rings. The predicted octanol–water partition coefficient (Wildman–Crippen LogP) is 3.62. The Morgan fingerprint density at radius 2 is 1.96 bits per heavy atom. The summed E-state index contributed by atoms with van der Waals surface area (Å²) in [6, 6.07) is 12.2. The number of aromatic nitrogens is 2. The number of imidazole rings is 1. The van der Waals surface area contributed by atoms with E-state index in [0.29, 0.717) is 13.2 Å². The highest BCUT2D eigenvalue weighted by Crippen LogP contribution is 2.28. The summed E-state index contributed by atoms with van der Waals surface area (Å²) in [5.74, 6) is 0.835. The highest BCUT2D eigenvalue weighted by atomic mass is 16.5. The Morgan fingerprint density at radius 1 is 1.19 bits per heavy atom. The molecule has 2 N–H and O–H groups in total. The molecule has 5 heteroatoms. The fourth-order valence-corrected chi connectivity index (χ4v) is 3.78. The SMILES string of the molecule is Cc1cccn2cc(COc3ccc(CNCC4(O)CCCC4)cc3)nc12. The van der Waals surface area contributed by atoms with Crippen molar-refractivity contribution in [2.45, 2.75) is 51.4 Å². The number of rotatable bonds is 7. The Morgan fingerprint density at radius 3 is 2.70 bits per heavy atom. The normalized spacial score (nSPS) is 16.1. The van der Waals surface area contributed by atoms with E-state index in [-0.39, 0.29) is 0 Å². The first kappa shape index (κ1) is 18.0. The Balaban J connectivity index is 1.29. The molecule has 1 saturated carbocycles. The molecule has 1 aromatic carbocycles. The third-order valence-corrected chi connectivity index (χ3v) is 5.36. The van der Waals surface area contributed by atoms with Crippen LogP contribution in [-0.2, 0) is 13.2 Å². The van der Waals surface area contributed by atoms with Gasteiger partial charge in [0.05, 0.1) is 11.3 Å². The molecule has 1 fully saturated rings. The van der Waals surface area contributed by atoms with Gasteiger partial charge in [0.1, 0.15) is 18.0 Å². The summed E-state index contributed by atoms with van der Waals surface area (Å²) in [5, 5.41) is 13.7. The highest BCUT2D eigenvalue weighted by Gasteiger charge is 2.30. The van der Waals surface area contributed by atoms with Gasteiger partial charge in [0.2, 0.25) is 0 Å². The van der Waals surface area contributed by atoms with E-state index in [1.807, 2.05) is 35.0 Å². The van der Waals surface area contributed by atoms with Gasteiger partial charge in [0.25, 0.3) is 0 Å². The smallest absolute Gasteiger partial charge is 0.140 e. The van der Waals surface area contributed by atoms with Crippen molar-refractivity contribution < 1.29 is 9.84 Å². The van der Waals surface area contributed by atoms with Gasteiger partial charge in [-0.15, -0.1) is 0 Å². The lowest BCUT2D eigenvalue weighted by atomic mass is 10.0. The van der Waals surface area contributed by atoms with Gasteiger partial charge in [-0.3, -0.25) is 0 Å². The molecule has 0 spiro atoms. The zero-order chi connectivity index (χ0) is 18.7. The minimum absolute atomic E-state index is 0.450. The average molecular weight is 365 g/mol. The van der Waals surface area contributed by atoms with E-state index < -0.39 is 5.60 Å². The van der Waals surface area contributed by atoms with Crippen LogP contribution in [0.1, 0.15) is 42.5 Å². The minimum atomic E-state index is -0.504. The number of hydrogen-bond donors (Lipinski definition) is 2. The molecule has 0 unspecified atom stereocenters. The lowest BCUT2D eigenvalue weighted by Crippen LogP contribution is -2.37. The first-order valence-electron chi connectivity index (χ1n) is 9.69. The van der Waals surface area contributed by atoms with Crippen LogP contribution in [-0.4, -0.2) is 26.6 Å². The van der Waals surface area contributed by atoms with Crippen LogP contribution < -0.4 is 10.1 Å². The van der Waals surface area contributed by atoms with E-state index in [9.17, 15) is 5.11 Å². The molecule has 0 amide bonds. The third-order valence-electron chi connectivity index (χ3n) is 5.36. The Hall–Kier alpha value is -2.37. The van der Waals surface area contributed by atoms with Crippen LogP contribution in [0.5, 0.6) is 5.75 Å². The van der Waals surface area contributed by atoms with Crippen molar-refractivity contribution in [2.24, 2.45) is 0 Å². The number of aryl methyl sites for hydroxylation is 1. The van der Waals surface area contributed by atoms with Crippen LogP contribution >= 0.6 is 0 Å². The van der Waals surface area contributed by atoms with Crippen molar-refractivity contribution in [3.8, 4) is 5.75 Å². The molecule has 0 radical (unpaired) electrons. The summed E-state index contributed by atoms with van der Waals surface area (Å²) in [6.07, 6.45) is 8.11. The van der Waals surface area contributed by atoms with Gasteiger partial charge in [0, 0.05) is 25.5 Å². The maximum absolute atomic E-state index is 10.4. The summed E-state index contributed by atoms with van der Waals surface area (Å²) in [7, 11) is 0. The molecular formula is C22H27N3O2. The fraction of sp³-hybridized carbons (Fsp3) is 0.409. The Labute approximate surface area is 160 Å². The molecule has 2 heterocycles. The molecular weight excluding hydrogens is 338 g/mol. The van der Waals surface area contributed by atoms with Crippen LogP contribution in [0.25, 0.3) is 5.65 Å². The summed E-state index contributed by atoms with van der Waals surface area (Å²) < 4.78 is 7.91. The van der Waals surface area contributed by atoms with E-state index in [0.717, 1.165) is 54.9 Å². The first-order chi connectivity index (χ1) is 13.1. The fourth-order valence-electron chi connectivity index (χ4n) is 3.78. The first-order valence-corrected chi connectivity index (χ1v) is 9.69. The molecule has 4 rings (SSSR count). The van der Waals surface area contributed by atoms with Crippen LogP contribution in [0.3, 0.4) is 0 Å². The second-order valence-electron chi connectivity index (χ2n) is 7.62. The van der Waals surface area contributed by atoms with E-state index in [2.05, 4.69) is 35.4 Å². The topological polar surface area (TPSA) is 58.8 Å². The van der Waals surface area contributed by atoms with Crippen LogP contribution in [0, 0.1) is 6.92 Å². The van der Waals surface area contributed by atoms with Gasteiger partial charge in [-0.2, -0.15) is 0 Å². The maximum atomic E-state index is 10.4. The number of aliphatic hydroxyl groups is 1. The highest BCUT2D eigenvalue weighted by molar-refractivity contribution is 5.47. The number of pyridine rings is 1. The molecule has 0 aliphatic heterocycles. The number of benzene rings is 1. The van der Waals surface area contributed by atoms with Gasteiger partial charge < -0.3 is 19.6 Å². The van der Waals surface area contributed by atoms with Crippen molar-refractivity contribution in [2.75, 3.05) is 6.54 Å². The average Bonchev–Trinajstić information content (AvgIpc) is 3.28. The van der Waals surface area contributed by atoms with Crippen molar-refractivity contribution in [3.05, 3.63) is 65.6 Å². The minimum Gasteiger partial charge on any atom is -0.487 e. The number of hydrogen-bond acceptors (Lipinski definition) is 4. The summed E-state index contributed by atoms with van der Waals surface area (Å²) in [4.78, 5) is 4.63. The van der Waals surface area contributed by atoms with E-state index in [1.165, 1.54) is 5.56 Å². The summed E-state index contributed by atoms with van der Waals surface area (Å²) in [5.41, 5.74) is 3.73. The standard InChI is InChI=1S/C22H27N3O2/c1-17-5-4-12-25-14-19(24-21(17)25)15-27-20-8-6-18(7-9-20)13-23-16-22(26)10-2-3-11-22/h4-9,12,14,23,26H,2-3,10-11,13,15-16H2,1H3. The molecule has 0 atom stereocenters.